The number of rotatable bonds is 5. The monoisotopic (exact) mass is 211 g/mol. The maximum atomic E-state index is 10.0. The first kappa shape index (κ1) is 14.4. The maximum Gasteiger partial charge on any atom is 0.0672 e. The van der Waals surface area contributed by atoms with Crippen LogP contribution in [0.15, 0.2) is 16.6 Å². The third kappa shape index (κ3) is 7.32. The molecule has 0 aliphatic heterocycles. The van der Waals surface area contributed by atoms with E-state index in [1.54, 1.807) is 0 Å². The van der Waals surface area contributed by atoms with E-state index in [0.717, 1.165) is 12.1 Å². The molecule has 1 unspecified atom stereocenters. The van der Waals surface area contributed by atoms with Crippen LogP contribution in [0.1, 0.15) is 54.4 Å². The minimum atomic E-state index is -0.639. The lowest BCUT2D eigenvalue weighted by Crippen LogP contribution is -2.26. The zero-order valence-electron chi connectivity index (χ0n) is 11.0. The Balaban J connectivity index is 4.75. The van der Waals surface area contributed by atoms with Crippen LogP contribution in [-0.2, 0) is 0 Å². The Morgan fingerprint density at radius 2 is 1.93 bits per heavy atom. The van der Waals surface area contributed by atoms with Gasteiger partial charge in [-0.1, -0.05) is 12.5 Å². The summed E-state index contributed by atoms with van der Waals surface area (Å²) >= 11 is 0. The van der Waals surface area contributed by atoms with Gasteiger partial charge in [-0.2, -0.15) is 0 Å². The number of aliphatic imine (C=N–C) groups is 1. The fourth-order valence-electron chi connectivity index (χ4n) is 1.31. The molecule has 0 aromatic carbocycles. The quantitative estimate of drug-likeness (QED) is 0.695. The summed E-state index contributed by atoms with van der Waals surface area (Å²) in [5.41, 5.74) is 1.58. The molecule has 2 nitrogen and oxygen atoms in total. The second-order valence-electron chi connectivity index (χ2n) is 4.96. The number of allylic oxidation sites excluding steroid dienone is 2. The summed E-state index contributed by atoms with van der Waals surface area (Å²) in [4.78, 5) is 4.53. The second-order valence-corrected chi connectivity index (χ2v) is 4.96. The Bertz CT molecular complexity index is 245. The number of hydrogen-bond donors (Lipinski definition) is 1. The SMILES string of the molecule is CCC(C)(O)C/C(C=C(C)C)=N/C(C)C. The first-order valence-corrected chi connectivity index (χ1v) is 5.71. The van der Waals surface area contributed by atoms with Gasteiger partial charge in [0, 0.05) is 18.2 Å². The van der Waals surface area contributed by atoms with Crippen molar-refractivity contribution in [3.63, 3.8) is 0 Å². The molecule has 0 spiro atoms. The van der Waals surface area contributed by atoms with Crippen LogP contribution in [0, 0.1) is 0 Å². The second kappa shape index (κ2) is 6.06. The Hall–Kier alpha value is -0.630. The van der Waals surface area contributed by atoms with E-state index in [1.165, 1.54) is 5.57 Å². The average Bonchev–Trinajstić information content (AvgIpc) is 2.00. The zero-order valence-corrected chi connectivity index (χ0v) is 11.0. The fourth-order valence-corrected chi connectivity index (χ4v) is 1.31. The van der Waals surface area contributed by atoms with Gasteiger partial charge < -0.3 is 5.11 Å². The molecule has 0 saturated carbocycles. The molecule has 2 heteroatoms. The molecule has 0 aromatic rings. The first-order valence-electron chi connectivity index (χ1n) is 5.71. The topological polar surface area (TPSA) is 32.6 Å². The summed E-state index contributed by atoms with van der Waals surface area (Å²) in [6.45, 7) is 12.1. The van der Waals surface area contributed by atoms with Crippen LogP contribution >= 0.6 is 0 Å². The fraction of sp³-hybridized carbons (Fsp3) is 0.769. The highest BCUT2D eigenvalue weighted by atomic mass is 16.3. The van der Waals surface area contributed by atoms with E-state index >= 15 is 0 Å². The van der Waals surface area contributed by atoms with E-state index in [1.807, 2.05) is 13.8 Å². The molecule has 0 fully saturated rings. The van der Waals surface area contributed by atoms with Crippen molar-refractivity contribution in [2.75, 3.05) is 0 Å². The first-order chi connectivity index (χ1) is 6.76. The van der Waals surface area contributed by atoms with Crippen molar-refractivity contribution in [2.24, 2.45) is 4.99 Å². The largest absolute Gasteiger partial charge is 0.390 e. The number of hydrogen-bond acceptors (Lipinski definition) is 2. The summed E-state index contributed by atoms with van der Waals surface area (Å²) in [7, 11) is 0. The van der Waals surface area contributed by atoms with Crippen LogP contribution in [0.2, 0.25) is 0 Å². The molecule has 0 radical (unpaired) electrons. The van der Waals surface area contributed by atoms with E-state index in [4.69, 9.17) is 0 Å². The maximum absolute atomic E-state index is 10.0. The van der Waals surface area contributed by atoms with Crippen LogP contribution in [0.4, 0.5) is 0 Å². The molecule has 0 amide bonds. The lowest BCUT2D eigenvalue weighted by atomic mass is 9.95. The number of aliphatic hydroxyl groups is 1. The summed E-state index contributed by atoms with van der Waals surface area (Å²) in [6.07, 6.45) is 3.44. The Labute approximate surface area is 94.1 Å². The van der Waals surface area contributed by atoms with Gasteiger partial charge in [0.25, 0.3) is 0 Å². The van der Waals surface area contributed by atoms with Crippen molar-refractivity contribution < 1.29 is 5.11 Å². The van der Waals surface area contributed by atoms with E-state index in [2.05, 4.69) is 38.8 Å². The average molecular weight is 211 g/mol. The molecule has 0 rings (SSSR count). The predicted molar refractivity (Wildman–Crippen MR) is 67.5 cm³/mol. The van der Waals surface area contributed by atoms with Crippen LogP contribution in [0.5, 0.6) is 0 Å². The van der Waals surface area contributed by atoms with Gasteiger partial charge in [-0.3, -0.25) is 4.99 Å². The summed E-state index contributed by atoms with van der Waals surface area (Å²) in [5, 5.41) is 10.0. The minimum absolute atomic E-state index is 0.281. The molecule has 0 bridgehead atoms. The van der Waals surface area contributed by atoms with Crippen LogP contribution in [0.25, 0.3) is 0 Å². The van der Waals surface area contributed by atoms with Gasteiger partial charge in [-0.25, -0.2) is 0 Å². The smallest absolute Gasteiger partial charge is 0.0672 e. The molecule has 1 atom stereocenters. The molecule has 0 saturated heterocycles. The number of nitrogens with zero attached hydrogens (tertiary/aromatic N) is 1. The van der Waals surface area contributed by atoms with E-state index in [9.17, 15) is 5.11 Å². The molecule has 0 heterocycles. The summed E-state index contributed by atoms with van der Waals surface area (Å²) in [5.74, 6) is 0. The normalized spacial score (nSPS) is 16.4. The minimum Gasteiger partial charge on any atom is -0.390 e. The highest BCUT2D eigenvalue weighted by molar-refractivity contribution is 5.96. The molecule has 15 heavy (non-hydrogen) atoms. The van der Waals surface area contributed by atoms with Gasteiger partial charge in [0.15, 0.2) is 0 Å². The Morgan fingerprint density at radius 1 is 1.40 bits per heavy atom. The third-order valence-corrected chi connectivity index (χ3v) is 2.20. The van der Waals surface area contributed by atoms with Gasteiger partial charge in [0.1, 0.15) is 0 Å². The molecular formula is C13H25NO. The summed E-state index contributed by atoms with van der Waals surface area (Å²) in [6, 6.07) is 0.281. The standard InChI is InChI=1S/C13H25NO/c1-7-13(6,15)9-12(8-10(2)3)14-11(4)5/h8,11,15H,7,9H2,1-6H3/b14-12+. The predicted octanol–water partition coefficient (Wildman–Crippen LogP) is 3.35. The van der Waals surface area contributed by atoms with Crippen molar-refractivity contribution in [1.82, 2.24) is 0 Å². The highest BCUT2D eigenvalue weighted by Crippen LogP contribution is 2.16. The van der Waals surface area contributed by atoms with Crippen molar-refractivity contribution in [2.45, 2.75) is 66.0 Å². The molecule has 0 aromatic heterocycles. The van der Waals surface area contributed by atoms with E-state index < -0.39 is 5.60 Å². The van der Waals surface area contributed by atoms with Crippen LogP contribution in [0.3, 0.4) is 0 Å². The van der Waals surface area contributed by atoms with Crippen molar-refractivity contribution in [3.8, 4) is 0 Å². The highest BCUT2D eigenvalue weighted by Gasteiger charge is 2.19. The zero-order chi connectivity index (χ0) is 12.1. The van der Waals surface area contributed by atoms with Crippen LogP contribution in [-0.4, -0.2) is 22.5 Å². The van der Waals surface area contributed by atoms with E-state index in [-0.39, 0.29) is 6.04 Å². The van der Waals surface area contributed by atoms with Gasteiger partial charge >= 0.3 is 0 Å². The van der Waals surface area contributed by atoms with E-state index in [0.29, 0.717) is 6.42 Å². The lowest BCUT2D eigenvalue weighted by molar-refractivity contribution is 0.0639. The van der Waals surface area contributed by atoms with Gasteiger partial charge in [-0.05, 0) is 47.1 Å². The van der Waals surface area contributed by atoms with Gasteiger partial charge in [0.2, 0.25) is 0 Å². The molecule has 1 N–H and O–H groups in total. The molecular weight excluding hydrogens is 186 g/mol. The van der Waals surface area contributed by atoms with Crippen molar-refractivity contribution >= 4 is 5.71 Å². The van der Waals surface area contributed by atoms with Crippen LogP contribution < -0.4 is 0 Å². The molecule has 88 valence electrons. The van der Waals surface area contributed by atoms with Gasteiger partial charge in [-0.15, -0.1) is 0 Å². The van der Waals surface area contributed by atoms with Crippen molar-refractivity contribution in [3.05, 3.63) is 11.6 Å². The molecule has 0 aliphatic rings. The summed E-state index contributed by atoms with van der Waals surface area (Å²) < 4.78 is 0. The Morgan fingerprint density at radius 3 is 2.27 bits per heavy atom. The van der Waals surface area contributed by atoms with Crippen molar-refractivity contribution in [1.29, 1.82) is 0 Å². The lowest BCUT2D eigenvalue weighted by Gasteiger charge is -2.21. The van der Waals surface area contributed by atoms with Gasteiger partial charge in [0.05, 0.1) is 5.60 Å². The third-order valence-electron chi connectivity index (χ3n) is 2.20. The Kier molecular flexibility index (Phi) is 5.81. The molecule has 0 aliphatic carbocycles.